The molecule has 0 aliphatic carbocycles. The van der Waals surface area contributed by atoms with Crippen LogP contribution in [0.4, 0.5) is 23.3 Å². The van der Waals surface area contributed by atoms with Crippen LogP contribution < -0.4 is 10.2 Å². The summed E-state index contributed by atoms with van der Waals surface area (Å²) in [6.45, 7) is 10.1. The van der Waals surface area contributed by atoms with E-state index >= 15 is 0 Å². The van der Waals surface area contributed by atoms with Gasteiger partial charge < -0.3 is 19.9 Å². The van der Waals surface area contributed by atoms with E-state index in [1.165, 1.54) is 0 Å². The van der Waals surface area contributed by atoms with Gasteiger partial charge in [0.25, 0.3) is 0 Å². The van der Waals surface area contributed by atoms with Gasteiger partial charge in [-0.05, 0) is 49.6 Å². The van der Waals surface area contributed by atoms with Gasteiger partial charge in [-0.15, -0.1) is 5.10 Å². The molecule has 0 amide bonds. The number of rotatable bonds is 5. The van der Waals surface area contributed by atoms with Crippen LogP contribution in [0.5, 0.6) is 0 Å². The number of aliphatic hydroxyl groups is 1. The number of hydrogen-bond donors (Lipinski definition) is 2. The summed E-state index contributed by atoms with van der Waals surface area (Å²) in [6, 6.07) is 9.66. The summed E-state index contributed by atoms with van der Waals surface area (Å²) in [5.41, 5.74) is 3.40. The molecule has 31 heavy (non-hydrogen) atoms. The van der Waals surface area contributed by atoms with Crippen molar-refractivity contribution in [1.29, 1.82) is 0 Å². The van der Waals surface area contributed by atoms with Crippen molar-refractivity contribution in [2.75, 3.05) is 23.4 Å². The van der Waals surface area contributed by atoms with Gasteiger partial charge in [0.2, 0.25) is 5.95 Å². The molecule has 9 nitrogen and oxygen atoms in total. The van der Waals surface area contributed by atoms with E-state index in [1.54, 1.807) is 10.8 Å². The second-order valence-electron chi connectivity index (χ2n) is 7.64. The van der Waals surface area contributed by atoms with Crippen molar-refractivity contribution in [2.45, 2.75) is 25.8 Å². The Labute approximate surface area is 179 Å². The fourth-order valence-electron chi connectivity index (χ4n) is 4.06. The zero-order chi connectivity index (χ0) is 21.4. The van der Waals surface area contributed by atoms with Crippen LogP contribution in [0.3, 0.4) is 0 Å². The van der Waals surface area contributed by atoms with Gasteiger partial charge >= 0.3 is 0 Å². The second-order valence-corrected chi connectivity index (χ2v) is 7.64. The van der Waals surface area contributed by atoms with Crippen LogP contribution >= 0.6 is 0 Å². The fraction of sp³-hybridized carbons (Fsp3) is 0.273. The largest absolute Gasteiger partial charge is 0.394 e. The van der Waals surface area contributed by atoms with Gasteiger partial charge in [0.1, 0.15) is 11.8 Å². The SMILES string of the molecule is [C-]#[N+]c1ccc(-n2cnc(Nc3nc(N4CCC[C@H]4CO)c4cccn4n3)c2)cc1C. The third kappa shape index (κ3) is 3.47. The normalized spacial score (nSPS) is 16.0. The first-order valence-electron chi connectivity index (χ1n) is 10.2. The zero-order valence-electron chi connectivity index (χ0n) is 17.1. The first kappa shape index (κ1) is 19.1. The first-order valence-corrected chi connectivity index (χ1v) is 10.2. The molecule has 0 radical (unpaired) electrons. The molecule has 1 atom stereocenters. The highest BCUT2D eigenvalue weighted by molar-refractivity contribution is 5.71. The Kier molecular flexibility index (Phi) is 4.76. The van der Waals surface area contributed by atoms with Crippen LogP contribution in [0.15, 0.2) is 49.1 Å². The van der Waals surface area contributed by atoms with E-state index in [4.69, 9.17) is 11.6 Å². The number of anilines is 3. The van der Waals surface area contributed by atoms with Crippen LogP contribution in [0.1, 0.15) is 18.4 Å². The smallest absolute Gasteiger partial charge is 0.248 e. The van der Waals surface area contributed by atoms with Crippen molar-refractivity contribution in [3.05, 3.63) is 66.0 Å². The van der Waals surface area contributed by atoms with E-state index in [2.05, 4.69) is 25.1 Å². The summed E-state index contributed by atoms with van der Waals surface area (Å²) >= 11 is 0. The molecule has 0 saturated carbocycles. The molecule has 9 heteroatoms. The predicted octanol–water partition coefficient (Wildman–Crippen LogP) is 3.48. The Morgan fingerprint density at radius 2 is 2.23 bits per heavy atom. The summed E-state index contributed by atoms with van der Waals surface area (Å²) in [7, 11) is 0. The highest BCUT2D eigenvalue weighted by atomic mass is 16.3. The Bertz CT molecular complexity index is 1280. The minimum absolute atomic E-state index is 0.0716. The van der Waals surface area contributed by atoms with E-state index in [9.17, 15) is 5.11 Å². The number of fused-ring (bicyclic) bond motifs is 1. The van der Waals surface area contributed by atoms with E-state index < -0.39 is 0 Å². The van der Waals surface area contributed by atoms with Gasteiger partial charge in [-0.2, -0.15) is 4.98 Å². The summed E-state index contributed by atoms with van der Waals surface area (Å²) in [5, 5.41) is 17.5. The molecule has 1 aliphatic heterocycles. The molecule has 0 unspecified atom stereocenters. The van der Waals surface area contributed by atoms with Crippen molar-refractivity contribution in [2.24, 2.45) is 0 Å². The molecule has 1 aliphatic rings. The Hall–Kier alpha value is -3.90. The maximum absolute atomic E-state index is 9.75. The minimum Gasteiger partial charge on any atom is -0.394 e. The second kappa shape index (κ2) is 7.74. The van der Waals surface area contributed by atoms with Gasteiger partial charge in [0, 0.05) is 18.4 Å². The molecule has 1 aromatic carbocycles. The quantitative estimate of drug-likeness (QED) is 0.486. The third-order valence-electron chi connectivity index (χ3n) is 5.65. The lowest BCUT2D eigenvalue weighted by atomic mass is 10.2. The van der Waals surface area contributed by atoms with Gasteiger partial charge in [-0.25, -0.2) is 14.3 Å². The molecule has 4 aromatic rings. The van der Waals surface area contributed by atoms with Crippen LogP contribution in [-0.2, 0) is 0 Å². The predicted molar refractivity (Wildman–Crippen MR) is 118 cm³/mol. The maximum atomic E-state index is 9.75. The molecule has 4 heterocycles. The summed E-state index contributed by atoms with van der Waals surface area (Å²) < 4.78 is 3.68. The van der Waals surface area contributed by atoms with Crippen molar-refractivity contribution in [3.63, 3.8) is 0 Å². The number of benzene rings is 1. The van der Waals surface area contributed by atoms with Crippen molar-refractivity contribution >= 4 is 28.8 Å². The standard InChI is InChI=1S/C22H22N8O/c1-15-11-16(7-8-18(15)23-2)28-12-20(24-14-28)25-22-26-21(19-6-4-10-30(19)27-22)29-9-3-5-17(29)13-31/h4,6-8,10-12,14,17,31H,3,5,9,13H2,1H3,(H,25,27)/t17-/m0/s1. The summed E-state index contributed by atoms with van der Waals surface area (Å²) in [6.07, 6.45) is 7.44. The van der Waals surface area contributed by atoms with E-state index in [0.717, 1.165) is 42.0 Å². The van der Waals surface area contributed by atoms with Crippen LogP contribution in [0, 0.1) is 13.5 Å². The number of imidazole rings is 1. The molecular formula is C22H22N8O. The first-order chi connectivity index (χ1) is 15.2. The van der Waals surface area contributed by atoms with E-state index in [-0.39, 0.29) is 12.6 Å². The molecule has 5 rings (SSSR count). The number of aliphatic hydroxyl groups excluding tert-OH is 1. The lowest BCUT2D eigenvalue weighted by Crippen LogP contribution is -2.33. The number of aromatic nitrogens is 5. The molecule has 1 saturated heterocycles. The van der Waals surface area contributed by atoms with Gasteiger partial charge in [0.15, 0.2) is 17.3 Å². The Balaban J connectivity index is 1.45. The summed E-state index contributed by atoms with van der Waals surface area (Å²) in [5.74, 6) is 1.86. The highest BCUT2D eigenvalue weighted by Crippen LogP contribution is 2.29. The van der Waals surface area contributed by atoms with E-state index in [0.29, 0.717) is 17.5 Å². The maximum Gasteiger partial charge on any atom is 0.248 e. The lowest BCUT2D eigenvalue weighted by molar-refractivity contribution is 0.266. The molecule has 0 bridgehead atoms. The lowest BCUT2D eigenvalue weighted by Gasteiger charge is -2.25. The van der Waals surface area contributed by atoms with Gasteiger partial charge in [0.05, 0.1) is 25.4 Å². The zero-order valence-corrected chi connectivity index (χ0v) is 17.1. The van der Waals surface area contributed by atoms with Gasteiger partial charge in [-0.3, -0.25) is 0 Å². The number of nitrogens with one attached hydrogen (secondary N) is 1. The van der Waals surface area contributed by atoms with Crippen molar-refractivity contribution in [1.82, 2.24) is 24.1 Å². The van der Waals surface area contributed by atoms with Crippen molar-refractivity contribution < 1.29 is 5.11 Å². The number of aryl methyl sites for hydroxylation is 1. The Morgan fingerprint density at radius 1 is 1.32 bits per heavy atom. The number of nitrogens with zero attached hydrogens (tertiary/aromatic N) is 7. The molecule has 1 fully saturated rings. The number of hydrogen-bond acceptors (Lipinski definition) is 6. The van der Waals surface area contributed by atoms with Gasteiger partial charge in [-0.1, -0.05) is 6.07 Å². The third-order valence-corrected chi connectivity index (χ3v) is 5.65. The van der Waals surface area contributed by atoms with Crippen LogP contribution in [0.25, 0.3) is 16.0 Å². The van der Waals surface area contributed by atoms with E-state index in [1.807, 2.05) is 54.2 Å². The average molecular weight is 414 g/mol. The molecule has 3 aromatic heterocycles. The van der Waals surface area contributed by atoms with Crippen LogP contribution in [-0.4, -0.2) is 48.4 Å². The molecule has 0 spiro atoms. The monoisotopic (exact) mass is 414 g/mol. The minimum atomic E-state index is 0.0716. The van der Waals surface area contributed by atoms with Crippen LogP contribution in [0.2, 0.25) is 0 Å². The topological polar surface area (TPSA) is 87.9 Å². The molecular weight excluding hydrogens is 392 g/mol. The average Bonchev–Trinajstić information content (AvgIpc) is 3.53. The molecule has 156 valence electrons. The fourth-order valence-corrected chi connectivity index (χ4v) is 4.06. The molecule has 2 N–H and O–H groups in total. The Morgan fingerprint density at radius 3 is 3.03 bits per heavy atom. The van der Waals surface area contributed by atoms with Crippen molar-refractivity contribution in [3.8, 4) is 5.69 Å². The summed E-state index contributed by atoms with van der Waals surface area (Å²) in [4.78, 5) is 14.9. The highest BCUT2D eigenvalue weighted by Gasteiger charge is 2.27.